The van der Waals surface area contributed by atoms with Crippen LogP contribution in [0.15, 0.2) is 4.99 Å². The quantitative estimate of drug-likeness (QED) is 0.293. The average Bonchev–Trinajstić information content (AvgIpc) is 2.41. The topological polar surface area (TPSA) is 42.9 Å². The van der Waals surface area contributed by atoms with E-state index in [9.17, 15) is 0 Å². The summed E-state index contributed by atoms with van der Waals surface area (Å²) in [6, 6.07) is 0. The predicted molar refractivity (Wildman–Crippen MR) is 98.2 cm³/mol. The van der Waals surface area contributed by atoms with Crippen LogP contribution in [0.1, 0.15) is 26.7 Å². The van der Waals surface area contributed by atoms with Crippen LogP contribution in [0.3, 0.4) is 0 Å². The summed E-state index contributed by atoms with van der Waals surface area (Å²) < 4.78 is 0. The van der Waals surface area contributed by atoms with Crippen LogP contribution in [-0.2, 0) is 0 Å². The van der Waals surface area contributed by atoms with Crippen molar-refractivity contribution in [3.8, 4) is 0 Å². The summed E-state index contributed by atoms with van der Waals surface area (Å²) in [6.45, 7) is 13.1. The SMILES string of the molecule is CCNC(=NCCCCN1CCN(C)CC1)NCC.I. The summed E-state index contributed by atoms with van der Waals surface area (Å²) in [6.07, 6.45) is 2.42. The number of hydrogen-bond donors (Lipinski definition) is 2. The van der Waals surface area contributed by atoms with Gasteiger partial charge in [0.2, 0.25) is 0 Å². The maximum Gasteiger partial charge on any atom is 0.191 e. The molecular formula is C14H32IN5. The fourth-order valence-corrected chi connectivity index (χ4v) is 2.22. The third-order valence-corrected chi connectivity index (χ3v) is 3.44. The van der Waals surface area contributed by atoms with E-state index in [-0.39, 0.29) is 24.0 Å². The molecule has 0 spiro atoms. The number of piperazine rings is 1. The second-order valence-electron chi connectivity index (χ2n) is 5.14. The fraction of sp³-hybridized carbons (Fsp3) is 0.929. The highest BCUT2D eigenvalue weighted by atomic mass is 127. The second-order valence-corrected chi connectivity index (χ2v) is 5.14. The van der Waals surface area contributed by atoms with E-state index < -0.39 is 0 Å². The average molecular weight is 397 g/mol. The van der Waals surface area contributed by atoms with Gasteiger partial charge in [0.05, 0.1) is 0 Å². The van der Waals surface area contributed by atoms with Gasteiger partial charge in [-0.2, -0.15) is 0 Å². The van der Waals surface area contributed by atoms with Crippen LogP contribution in [-0.4, -0.2) is 75.2 Å². The molecule has 0 aromatic rings. The summed E-state index contributed by atoms with van der Waals surface area (Å²) in [7, 11) is 2.20. The molecule has 5 nitrogen and oxygen atoms in total. The molecule has 0 atom stereocenters. The van der Waals surface area contributed by atoms with Gasteiger partial charge in [-0.25, -0.2) is 0 Å². The maximum atomic E-state index is 4.57. The smallest absolute Gasteiger partial charge is 0.191 e. The molecule has 0 aliphatic carbocycles. The van der Waals surface area contributed by atoms with E-state index >= 15 is 0 Å². The molecule has 1 aliphatic rings. The molecule has 1 heterocycles. The van der Waals surface area contributed by atoms with Gasteiger partial charge in [0.15, 0.2) is 5.96 Å². The van der Waals surface area contributed by atoms with Crippen molar-refractivity contribution in [1.29, 1.82) is 0 Å². The normalized spacial score (nSPS) is 16.4. The van der Waals surface area contributed by atoms with Gasteiger partial charge in [-0.3, -0.25) is 4.99 Å². The van der Waals surface area contributed by atoms with Gasteiger partial charge < -0.3 is 20.4 Å². The molecular weight excluding hydrogens is 365 g/mol. The first-order chi connectivity index (χ1) is 9.26. The zero-order valence-corrected chi connectivity index (χ0v) is 15.7. The number of halogens is 1. The Bertz CT molecular complexity index is 244. The van der Waals surface area contributed by atoms with Crippen LogP contribution >= 0.6 is 24.0 Å². The molecule has 0 radical (unpaired) electrons. The molecule has 6 heteroatoms. The number of unbranched alkanes of at least 4 members (excludes halogenated alkanes) is 1. The summed E-state index contributed by atoms with van der Waals surface area (Å²) in [4.78, 5) is 9.54. The van der Waals surface area contributed by atoms with Gasteiger partial charge >= 0.3 is 0 Å². The molecule has 1 rings (SSSR count). The first-order valence-corrected chi connectivity index (χ1v) is 7.69. The Hall–Kier alpha value is -0.0800. The number of guanidine groups is 1. The zero-order chi connectivity index (χ0) is 13.9. The Labute approximate surface area is 141 Å². The van der Waals surface area contributed by atoms with Crippen molar-refractivity contribution < 1.29 is 0 Å². The van der Waals surface area contributed by atoms with Gasteiger partial charge in [-0.15, -0.1) is 24.0 Å². The molecule has 0 amide bonds. The summed E-state index contributed by atoms with van der Waals surface area (Å²) in [5.74, 6) is 0.949. The second kappa shape index (κ2) is 12.6. The summed E-state index contributed by atoms with van der Waals surface area (Å²) in [5, 5.41) is 6.50. The van der Waals surface area contributed by atoms with E-state index in [0.717, 1.165) is 25.6 Å². The van der Waals surface area contributed by atoms with Gasteiger partial charge in [0.1, 0.15) is 0 Å². The minimum atomic E-state index is 0. The highest BCUT2D eigenvalue weighted by Crippen LogP contribution is 2.01. The number of aliphatic imine (C=N–C) groups is 1. The molecule has 0 aromatic carbocycles. The Kier molecular flexibility index (Phi) is 12.6. The Morgan fingerprint density at radius 2 is 1.60 bits per heavy atom. The molecule has 0 aromatic heterocycles. The van der Waals surface area contributed by atoms with Gasteiger partial charge in [0.25, 0.3) is 0 Å². The van der Waals surface area contributed by atoms with Crippen LogP contribution in [0.5, 0.6) is 0 Å². The van der Waals surface area contributed by atoms with E-state index in [1.165, 1.54) is 45.6 Å². The van der Waals surface area contributed by atoms with Crippen LogP contribution in [0.4, 0.5) is 0 Å². The van der Waals surface area contributed by atoms with Crippen molar-refractivity contribution in [1.82, 2.24) is 20.4 Å². The van der Waals surface area contributed by atoms with Crippen LogP contribution in [0.25, 0.3) is 0 Å². The van der Waals surface area contributed by atoms with Gasteiger partial charge in [-0.1, -0.05) is 0 Å². The molecule has 1 saturated heterocycles. The highest BCUT2D eigenvalue weighted by molar-refractivity contribution is 14.0. The minimum Gasteiger partial charge on any atom is -0.357 e. The minimum absolute atomic E-state index is 0. The van der Waals surface area contributed by atoms with Crippen LogP contribution < -0.4 is 10.6 Å². The molecule has 1 aliphatic heterocycles. The Morgan fingerprint density at radius 3 is 2.15 bits per heavy atom. The van der Waals surface area contributed by atoms with E-state index in [1.807, 2.05) is 0 Å². The highest BCUT2D eigenvalue weighted by Gasteiger charge is 2.12. The maximum absolute atomic E-state index is 4.57. The Balaban J connectivity index is 0.00000361. The third kappa shape index (κ3) is 8.97. The molecule has 1 fully saturated rings. The van der Waals surface area contributed by atoms with E-state index in [1.54, 1.807) is 0 Å². The van der Waals surface area contributed by atoms with Crippen molar-refractivity contribution in [2.75, 3.05) is 59.4 Å². The standard InChI is InChI=1S/C14H31N5.HI/c1-4-15-14(16-5-2)17-8-6-7-9-19-12-10-18(3)11-13-19;/h4-13H2,1-3H3,(H2,15,16,17);1H. The lowest BCUT2D eigenvalue weighted by molar-refractivity contribution is 0.152. The fourth-order valence-electron chi connectivity index (χ4n) is 2.22. The predicted octanol–water partition coefficient (Wildman–Crippen LogP) is 1.21. The van der Waals surface area contributed by atoms with E-state index in [4.69, 9.17) is 0 Å². The summed E-state index contributed by atoms with van der Waals surface area (Å²) in [5.41, 5.74) is 0. The van der Waals surface area contributed by atoms with Crippen LogP contribution in [0.2, 0.25) is 0 Å². The molecule has 20 heavy (non-hydrogen) atoms. The lowest BCUT2D eigenvalue weighted by Gasteiger charge is -2.32. The van der Waals surface area contributed by atoms with Gasteiger partial charge in [0, 0.05) is 45.8 Å². The van der Waals surface area contributed by atoms with Crippen molar-refractivity contribution in [3.63, 3.8) is 0 Å². The van der Waals surface area contributed by atoms with Crippen molar-refractivity contribution in [3.05, 3.63) is 0 Å². The largest absolute Gasteiger partial charge is 0.357 e. The molecule has 0 unspecified atom stereocenters. The molecule has 2 N–H and O–H groups in total. The first kappa shape index (κ1) is 19.9. The lowest BCUT2D eigenvalue weighted by atomic mass is 10.2. The van der Waals surface area contributed by atoms with Crippen molar-refractivity contribution >= 4 is 29.9 Å². The first-order valence-electron chi connectivity index (χ1n) is 7.69. The summed E-state index contributed by atoms with van der Waals surface area (Å²) >= 11 is 0. The molecule has 0 bridgehead atoms. The van der Waals surface area contributed by atoms with Crippen LogP contribution in [0, 0.1) is 0 Å². The number of nitrogens with one attached hydrogen (secondary N) is 2. The van der Waals surface area contributed by atoms with E-state index in [2.05, 4.69) is 46.3 Å². The number of likely N-dealkylation sites (N-methyl/N-ethyl adjacent to an activating group) is 1. The molecule has 120 valence electrons. The van der Waals surface area contributed by atoms with Crippen molar-refractivity contribution in [2.45, 2.75) is 26.7 Å². The third-order valence-electron chi connectivity index (χ3n) is 3.44. The number of rotatable bonds is 7. The monoisotopic (exact) mass is 397 g/mol. The van der Waals surface area contributed by atoms with Gasteiger partial charge in [-0.05, 0) is 40.3 Å². The number of hydrogen-bond acceptors (Lipinski definition) is 3. The zero-order valence-electron chi connectivity index (χ0n) is 13.3. The number of nitrogens with zero attached hydrogens (tertiary/aromatic N) is 3. The van der Waals surface area contributed by atoms with Crippen molar-refractivity contribution in [2.24, 2.45) is 4.99 Å². The van der Waals surface area contributed by atoms with E-state index in [0.29, 0.717) is 0 Å². The lowest BCUT2D eigenvalue weighted by Crippen LogP contribution is -2.44. The Morgan fingerprint density at radius 1 is 1.00 bits per heavy atom. The molecule has 0 saturated carbocycles.